The van der Waals surface area contributed by atoms with Gasteiger partial charge in [-0.2, -0.15) is 5.01 Å². The number of methoxy groups -OCH3 is 2. The first-order valence-corrected chi connectivity index (χ1v) is 7.62. The monoisotopic (exact) mass is 338 g/mol. The Labute approximate surface area is 143 Å². The van der Waals surface area contributed by atoms with Gasteiger partial charge in [0.1, 0.15) is 0 Å². The summed E-state index contributed by atoms with van der Waals surface area (Å²) in [6, 6.07) is 9.75. The molecule has 25 heavy (non-hydrogen) atoms. The van der Waals surface area contributed by atoms with Crippen molar-refractivity contribution in [3.8, 4) is 11.5 Å². The van der Waals surface area contributed by atoms with Gasteiger partial charge in [-0.05, 0) is 24.3 Å². The summed E-state index contributed by atoms with van der Waals surface area (Å²) < 4.78 is 10.6. The van der Waals surface area contributed by atoms with Crippen molar-refractivity contribution >= 4 is 17.7 Å². The molecule has 4 rings (SSSR count). The number of benzene rings is 2. The van der Waals surface area contributed by atoms with E-state index in [4.69, 9.17) is 9.47 Å². The van der Waals surface area contributed by atoms with Crippen LogP contribution in [0.4, 0.5) is 0 Å². The van der Waals surface area contributed by atoms with E-state index in [1.807, 2.05) is 0 Å². The lowest BCUT2D eigenvalue weighted by molar-refractivity contribution is 0.00473. The molecule has 0 N–H and O–H groups in total. The third-order valence-electron chi connectivity index (χ3n) is 4.44. The zero-order valence-electron chi connectivity index (χ0n) is 13.6. The summed E-state index contributed by atoms with van der Waals surface area (Å²) in [6.45, 7) is 0.0556. The highest BCUT2D eigenvalue weighted by Gasteiger charge is 2.45. The Hall–Kier alpha value is -3.35. The molecule has 126 valence electrons. The first-order chi connectivity index (χ1) is 12.1. The first-order valence-electron chi connectivity index (χ1n) is 7.62. The first kappa shape index (κ1) is 15.2. The minimum atomic E-state index is -0.507. The number of nitrogens with zero attached hydrogens (tertiary/aromatic N) is 2. The predicted octanol–water partition coefficient (Wildman–Crippen LogP) is 1.87. The van der Waals surface area contributed by atoms with Crippen LogP contribution in [0.2, 0.25) is 0 Å². The van der Waals surface area contributed by atoms with Crippen LogP contribution < -0.4 is 9.47 Å². The Kier molecular flexibility index (Phi) is 3.24. The van der Waals surface area contributed by atoms with E-state index >= 15 is 0 Å². The smallest absolute Gasteiger partial charge is 0.280 e. The molecule has 2 aromatic rings. The largest absolute Gasteiger partial charge is 0.493 e. The van der Waals surface area contributed by atoms with Gasteiger partial charge >= 0.3 is 0 Å². The molecular formula is C18H14N2O5. The number of imide groups is 1. The second kappa shape index (κ2) is 5.34. The fourth-order valence-electron chi connectivity index (χ4n) is 3.27. The molecule has 2 aliphatic rings. The van der Waals surface area contributed by atoms with Gasteiger partial charge in [0, 0.05) is 5.56 Å². The highest BCUT2D eigenvalue weighted by atomic mass is 16.5. The third kappa shape index (κ3) is 1.95. The van der Waals surface area contributed by atoms with Crippen molar-refractivity contribution < 1.29 is 23.9 Å². The molecule has 0 atom stereocenters. The van der Waals surface area contributed by atoms with E-state index in [1.54, 1.807) is 36.4 Å². The molecule has 7 nitrogen and oxygen atoms in total. The zero-order chi connectivity index (χ0) is 17.7. The number of carbonyl (C=O) groups is 3. The molecule has 0 unspecified atom stereocenters. The van der Waals surface area contributed by atoms with Crippen molar-refractivity contribution in [2.45, 2.75) is 6.54 Å². The fourth-order valence-corrected chi connectivity index (χ4v) is 3.27. The molecule has 0 radical (unpaired) electrons. The van der Waals surface area contributed by atoms with E-state index in [0.717, 1.165) is 10.0 Å². The Morgan fingerprint density at radius 1 is 0.800 bits per heavy atom. The van der Waals surface area contributed by atoms with E-state index in [9.17, 15) is 14.4 Å². The molecule has 0 saturated heterocycles. The van der Waals surface area contributed by atoms with E-state index in [-0.39, 0.29) is 6.54 Å². The second-order valence-corrected chi connectivity index (χ2v) is 5.66. The summed E-state index contributed by atoms with van der Waals surface area (Å²) in [6.07, 6.45) is 0. The molecule has 2 aromatic carbocycles. The maximum atomic E-state index is 12.8. The van der Waals surface area contributed by atoms with Gasteiger partial charge in [-0.3, -0.25) is 14.4 Å². The minimum Gasteiger partial charge on any atom is -0.493 e. The summed E-state index contributed by atoms with van der Waals surface area (Å²) in [5.74, 6) is -0.531. The topological polar surface area (TPSA) is 76.2 Å². The van der Waals surface area contributed by atoms with Gasteiger partial charge < -0.3 is 9.47 Å². The number of ether oxygens (including phenoxy) is 2. The van der Waals surface area contributed by atoms with Gasteiger partial charge in [0.2, 0.25) is 0 Å². The average molecular weight is 338 g/mol. The number of hydrogen-bond acceptors (Lipinski definition) is 5. The summed E-state index contributed by atoms with van der Waals surface area (Å²) in [7, 11) is 2.98. The maximum absolute atomic E-state index is 12.8. The Balaban J connectivity index is 1.76. The molecule has 0 spiro atoms. The van der Waals surface area contributed by atoms with Crippen molar-refractivity contribution in [2.24, 2.45) is 0 Å². The maximum Gasteiger partial charge on any atom is 0.280 e. The molecule has 0 saturated carbocycles. The predicted molar refractivity (Wildman–Crippen MR) is 86.4 cm³/mol. The van der Waals surface area contributed by atoms with Gasteiger partial charge in [0.25, 0.3) is 17.7 Å². The normalized spacial score (nSPS) is 15.5. The molecule has 0 fully saturated rings. The van der Waals surface area contributed by atoms with Crippen LogP contribution in [0.15, 0.2) is 36.4 Å². The fraction of sp³-hybridized carbons (Fsp3) is 0.167. The van der Waals surface area contributed by atoms with Crippen LogP contribution in [-0.4, -0.2) is 42.0 Å². The molecular weight excluding hydrogens is 324 g/mol. The lowest BCUT2D eigenvalue weighted by atomic mass is 10.1. The van der Waals surface area contributed by atoms with E-state index in [0.29, 0.717) is 33.8 Å². The van der Waals surface area contributed by atoms with Crippen molar-refractivity contribution in [3.63, 3.8) is 0 Å². The van der Waals surface area contributed by atoms with Crippen LogP contribution in [0.25, 0.3) is 0 Å². The van der Waals surface area contributed by atoms with Crippen LogP contribution in [-0.2, 0) is 6.54 Å². The minimum absolute atomic E-state index is 0.0556. The van der Waals surface area contributed by atoms with E-state index < -0.39 is 17.7 Å². The van der Waals surface area contributed by atoms with Crippen LogP contribution in [0, 0.1) is 0 Å². The second-order valence-electron chi connectivity index (χ2n) is 5.66. The summed E-state index contributed by atoms with van der Waals surface area (Å²) >= 11 is 0. The Morgan fingerprint density at radius 3 is 2.00 bits per heavy atom. The van der Waals surface area contributed by atoms with Gasteiger partial charge in [-0.15, -0.1) is 0 Å². The standard InChI is InChI=1S/C18H14N2O5/c1-24-14-8-7-12-13(15(14)25-2)9-19(16(12)21)20-17(22)10-5-3-4-6-11(10)18(20)23/h3-8H,9H2,1-2H3. The van der Waals surface area contributed by atoms with Crippen molar-refractivity contribution in [1.29, 1.82) is 0 Å². The average Bonchev–Trinajstić information content (AvgIpc) is 3.09. The molecule has 0 aliphatic carbocycles. The quantitative estimate of drug-likeness (QED) is 0.799. The molecule has 7 heteroatoms. The summed E-state index contributed by atoms with van der Waals surface area (Å²) in [5.41, 5.74) is 1.55. The molecule has 2 aliphatic heterocycles. The summed E-state index contributed by atoms with van der Waals surface area (Å²) in [4.78, 5) is 38.0. The van der Waals surface area contributed by atoms with E-state index in [2.05, 4.69) is 0 Å². The Bertz CT molecular complexity index is 902. The van der Waals surface area contributed by atoms with Gasteiger partial charge in [0.15, 0.2) is 11.5 Å². The number of hydrogen-bond donors (Lipinski definition) is 0. The van der Waals surface area contributed by atoms with E-state index in [1.165, 1.54) is 14.2 Å². The third-order valence-corrected chi connectivity index (χ3v) is 4.44. The van der Waals surface area contributed by atoms with Crippen molar-refractivity contribution in [3.05, 3.63) is 58.7 Å². The number of fused-ring (bicyclic) bond motifs is 2. The molecule has 0 aromatic heterocycles. The SMILES string of the molecule is COc1ccc2c(c1OC)CN(N1C(=O)c3ccccc3C1=O)C2=O. The highest BCUT2D eigenvalue weighted by Crippen LogP contribution is 2.40. The molecule has 0 bridgehead atoms. The molecule has 2 heterocycles. The number of hydrazine groups is 1. The number of rotatable bonds is 3. The van der Waals surface area contributed by atoms with Gasteiger partial charge in [0.05, 0.1) is 37.5 Å². The number of carbonyl (C=O) groups excluding carboxylic acids is 3. The zero-order valence-corrected chi connectivity index (χ0v) is 13.6. The van der Waals surface area contributed by atoms with Crippen LogP contribution in [0.5, 0.6) is 11.5 Å². The summed E-state index contributed by atoms with van der Waals surface area (Å²) in [5, 5.41) is 2.05. The van der Waals surface area contributed by atoms with Gasteiger partial charge in [-0.25, -0.2) is 5.01 Å². The lowest BCUT2D eigenvalue weighted by Crippen LogP contribution is -2.46. The Morgan fingerprint density at radius 2 is 1.44 bits per heavy atom. The lowest BCUT2D eigenvalue weighted by Gasteiger charge is -2.25. The molecule has 3 amide bonds. The van der Waals surface area contributed by atoms with Gasteiger partial charge in [-0.1, -0.05) is 12.1 Å². The van der Waals surface area contributed by atoms with Crippen LogP contribution in [0.1, 0.15) is 36.6 Å². The van der Waals surface area contributed by atoms with Crippen LogP contribution in [0.3, 0.4) is 0 Å². The highest BCUT2D eigenvalue weighted by molar-refractivity contribution is 6.22. The van der Waals surface area contributed by atoms with Crippen molar-refractivity contribution in [1.82, 2.24) is 10.0 Å². The number of amides is 3. The van der Waals surface area contributed by atoms with Crippen LogP contribution >= 0.6 is 0 Å². The van der Waals surface area contributed by atoms with Crippen molar-refractivity contribution in [2.75, 3.05) is 14.2 Å².